The molecule has 1 N–H and O–H groups in total. The van der Waals surface area contributed by atoms with Crippen LogP contribution < -0.4 is 0 Å². The van der Waals surface area contributed by atoms with E-state index in [1.807, 2.05) is 0 Å². The highest BCUT2D eigenvalue weighted by Gasteiger charge is 2.20. The maximum absolute atomic E-state index is 8.66. The molecule has 1 aliphatic rings. The van der Waals surface area contributed by atoms with E-state index >= 15 is 0 Å². The van der Waals surface area contributed by atoms with Crippen LogP contribution in [0.5, 0.6) is 0 Å². The lowest BCUT2D eigenvalue weighted by molar-refractivity contribution is -0.142. The van der Waals surface area contributed by atoms with Crippen LogP contribution in [0.2, 0.25) is 0 Å². The van der Waals surface area contributed by atoms with Gasteiger partial charge in [-0.25, -0.2) is 0 Å². The normalized spacial score (nSPS) is 34.2. The minimum atomic E-state index is -0.183. The van der Waals surface area contributed by atoms with Gasteiger partial charge < -0.3 is 14.6 Å². The minimum absolute atomic E-state index is 0.00733. The van der Waals surface area contributed by atoms with Gasteiger partial charge in [0.1, 0.15) is 6.10 Å². The van der Waals surface area contributed by atoms with Gasteiger partial charge in [0.15, 0.2) is 0 Å². The zero-order chi connectivity index (χ0) is 7.40. The molecule has 0 aromatic rings. The minimum Gasteiger partial charge on any atom is -0.394 e. The Morgan fingerprint density at radius 1 is 1.40 bits per heavy atom. The lowest BCUT2D eigenvalue weighted by Crippen LogP contribution is -2.39. The van der Waals surface area contributed by atoms with Crippen LogP contribution in [0.15, 0.2) is 0 Å². The number of aliphatic hydroxyl groups is 1. The van der Waals surface area contributed by atoms with Crippen molar-refractivity contribution >= 4 is 11.6 Å². The second-order valence-electron chi connectivity index (χ2n) is 2.25. The summed E-state index contributed by atoms with van der Waals surface area (Å²) in [6.45, 7) is 1.03. The number of ether oxygens (including phenoxy) is 2. The van der Waals surface area contributed by atoms with Crippen molar-refractivity contribution in [3.8, 4) is 0 Å². The Hall–Kier alpha value is 0.170. The fourth-order valence-corrected chi connectivity index (χ4v) is 1.02. The first-order valence-electron chi connectivity index (χ1n) is 3.27. The molecule has 10 heavy (non-hydrogen) atoms. The van der Waals surface area contributed by atoms with E-state index in [1.165, 1.54) is 0 Å². The predicted molar refractivity (Wildman–Crippen MR) is 37.3 cm³/mol. The zero-order valence-corrected chi connectivity index (χ0v) is 6.38. The van der Waals surface area contributed by atoms with Crippen molar-refractivity contribution in [1.82, 2.24) is 0 Å². The lowest BCUT2D eigenvalue weighted by atomic mass is 10.3. The van der Waals surface area contributed by atoms with Gasteiger partial charge in [-0.1, -0.05) is 0 Å². The van der Waals surface area contributed by atoms with Gasteiger partial charge in [-0.15, -0.1) is 11.6 Å². The van der Waals surface area contributed by atoms with Gasteiger partial charge in [0.2, 0.25) is 0 Å². The Labute approximate surface area is 64.9 Å². The number of aliphatic hydroxyl groups excluding tert-OH is 1. The van der Waals surface area contributed by atoms with Gasteiger partial charge in [-0.05, 0) is 0 Å². The smallest absolute Gasteiger partial charge is 0.104 e. The summed E-state index contributed by atoms with van der Waals surface area (Å²) in [5.74, 6) is 0.427. The third-order valence-corrected chi connectivity index (χ3v) is 1.71. The number of rotatable bonds is 2. The summed E-state index contributed by atoms with van der Waals surface area (Å²) in [6.07, 6.45) is -0.231. The molecule has 1 heterocycles. The van der Waals surface area contributed by atoms with Crippen LogP contribution in [0, 0.1) is 0 Å². The monoisotopic (exact) mass is 166 g/mol. The van der Waals surface area contributed by atoms with Crippen molar-refractivity contribution in [2.75, 3.05) is 25.7 Å². The second kappa shape index (κ2) is 4.13. The molecule has 0 aromatic heterocycles. The molecule has 0 radical (unpaired) electrons. The molecule has 2 unspecified atom stereocenters. The van der Waals surface area contributed by atoms with Gasteiger partial charge in [-0.3, -0.25) is 0 Å². The third kappa shape index (κ3) is 2.09. The summed E-state index contributed by atoms with van der Waals surface area (Å²) in [5.41, 5.74) is 0. The van der Waals surface area contributed by atoms with E-state index in [4.69, 9.17) is 26.2 Å². The molecule has 0 spiro atoms. The van der Waals surface area contributed by atoms with Gasteiger partial charge in [-0.2, -0.15) is 0 Å². The summed E-state index contributed by atoms with van der Waals surface area (Å²) >= 11 is 5.52. The van der Waals surface area contributed by atoms with E-state index < -0.39 is 0 Å². The van der Waals surface area contributed by atoms with E-state index in [0.29, 0.717) is 19.1 Å². The SMILES string of the molecule is OCC1COCC(CCl)O1. The molecular formula is C6H11ClO3. The summed E-state index contributed by atoms with van der Waals surface area (Å²) in [7, 11) is 0. The fraction of sp³-hybridized carbons (Fsp3) is 1.00. The molecule has 2 atom stereocenters. The molecule has 4 heteroatoms. The van der Waals surface area contributed by atoms with Crippen molar-refractivity contribution in [1.29, 1.82) is 0 Å². The average Bonchev–Trinajstić information content (AvgIpc) is 2.05. The van der Waals surface area contributed by atoms with Crippen molar-refractivity contribution in [2.45, 2.75) is 12.2 Å². The Balaban J connectivity index is 2.25. The van der Waals surface area contributed by atoms with E-state index in [0.717, 1.165) is 0 Å². The molecule has 3 nitrogen and oxygen atoms in total. The van der Waals surface area contributed by atoms with Gasteiger partial charge in [0, 0.05) is 0 Å². The summed E-state index contributed by atoms with van der Waals surface area (Å²) in [6, 6.07) is 0. The Bertz CT molecular complexity index is 89.0. The topological polar surface area (TPSA) is 38.7 Å². The summed E-state index contributed by atoms with van der Waals surface area (Å²) < 4.78 is 10.4. The Morgan fingerprint density at radius 3 is 2.70 bits per heavy atom. The van der Waals surface area contributed by atoms with Crippen molar-refractivity contribution in [3.05, 3.63) is 0 Å². The standard InChI is InChI=1S/C6H11ClO3/c7-1-5-3-9-4-6(2-8)10-5/h5-6,8H,1-4H2. The van der Waals surface area contributed by atoms with Crippen LogP contribution in [0.1, 0.15) is 0 Å². The van der Waals surface area contributed by atoms with Crippen LogP contribution in [0.3, 0.4) is 0 Å². The first-order valence-corrected chi connectivity index (χ1v) is 3.80. The molecule has 1 aliphatic heterocycles. The third-order valence-electron chi connectivity index (χ3n) is 1.37. The highest BCUT2D eigenvalue weighted by molar-refractivity contribution is 6.18. The van der Waals surface area contributed by atoms with Crippen molar-refractivity contribution in [2.24, 2.45) is 0 Å². The summed E-state index contributed by atoms with van der Waals surface area (Å²) in [4.78, 5) is 0. The van der Waals surface area contributed by atoms with E-state index in [1.54, 1.807) is 0 Å². The molecule has 0 aliphatic carbocycles. The fourth-order valence-electron chi connectivity index (χ4n) is 0.858. The highest BCUT2D eigenvalue weighted by Crippen LogP contribution is 2.08. The molecule has 60 valence electrons. The van der Waals surface area contributed by atoms with Crippen LogP contribution in [0.25, 0.3) is 0 Å². The average molecular weight is 167 g/mol. The number of halogens is 1. The van der Waals surface area contributed by atoms with Crippen LogP contribution >= 0.6 is 11.6 Å². The maximum Gasteiger partial charge on any atom is 0.104 e. The molecule has 1 rings (SSSR count). The maximum atomic E-state index is 8.66. The zero-order valence-electron chi connectivity index (χ0n) is 5.62. The molecular weight excluding hydrogens is 156 g/mol. The van der Waals surface area contributed by atoms with Crippen molar-refractivity contribution < 1.29 is 14.6 Å². The first-order chi connectivity index (χ1) is 4.86. The van der Waals surface area contributed by atoms with Crippen LogP contribution in [-0.4, -0.2) is 43.0 Å². The van der Waals surface area contributed by atoms with Crippen LogP contribution in [0.4, 0.5) is 0 Å². The summed E-state index contributed by atoms with van der Waals surface area (Å²) in [5, 5.41) is 8.66. The Morgan fingerprint density at radius 2 is 2.10 bits per heavy atom. The quantitative estimate of drug-likeness (QED) is 0.587. The van der Waals surface area contributed by atoms with Crippen LogP contribution in [-0.2, 0) is 9.47 Å². The van der Waals surface area contributed by atoms with Crippen molar-refractivity contribution in [3.63, 3.8) is 0 Å². The predicted octanol–water partition coefficient (Wildman–Crippen LogP) is 0.00150. The number of alkyl halides is 1. The lowest BCUT2D eigenvalue weighted by Gasteiger charge is -2.27. The molecule has 1 fully saturated rings. The molecule has 0 bridgehead atoms. The van der Waals surface area contributed by atoms with E-state index in [-0.39, 0.29) is 18.8 Å². The van der Waals surface area contributed by atoms with Gasteiger partial charge in [0.25, 0.3) is 0 Å². The van der Waals surface area contributed by atoms with E-state index in [2.05, 4.69) is 0 Å². The Kier molecular flexibility index (Phi) is 3.42. The number of hydrogen-bond donors (Lipinski definition) is 1. The number of hydrogen-bond acceptors (Lipinski definition) is 3. The molecule has 0 amide bonds. The molecule has 0 saturated carbocycles. The first kappa shape index (κ1) is 8.27. The van der Waals surface area contributed by atoms with Gasteiger partial charge >= 0.3 is 0 Å². The molecule has 0 aromatic carbocycles. The molecule has 1 saturated heterocycles. The van der Waals surface area contributed by atoms with Gasteiger partial charge in [0.05, 0.1) is 31.8 Å². The van der Waals surface area contributed by atoms with E-state index in [9.17, 15) is 0 Å². The second-order valence-corrected chi connectivity index (χ2v) is 2.56. The largest absolute Gasteiger partial charge is 0.394 e. The highest BCUT2D eigenvalue weighted by atomic mass is 35.5.